The molecule has 0 heterocycles. The monoisotopic (exact) mass is 213 g/mol. The summed E-state index contributed by atoms with van der Waals surface area (Å²) >= 11 is 11.1. The van der Waals surface area contributed by atoms with Gasteiger partial charge in [0.05, 0.1) is 10.7 Å². The van der Waals surface area contributed by atoms with Crippen LogP contribution in [0.25, 0.3) is 0 Å². The van der Waals surface area contributed by atoms with Crippen LogP contribution >= 0.6 is 35.6 Å². The number of aromatic hydroxyl groups is 1. The molecule has 62 valence electrons. The highest BCUT2D eigenvalue weighted by Crippen LogP contribution is 2.32. The Labute approximate surface area is 80.3 Å². The molecule has 1 aromatic carbocycles. The lowest BCUT2D eigenvalue weighted by Crippen LogP contribution is -1.85. The van der Waals surface area contributed by atoms with Gasteiger partial charge in [-0.05, 0) is 12.1 Å². The highest BCUT2D eigenvalue weighted by atomic mass is 35.5. The molecule has 1 rings (SSSR count). The van der Waals surface area contributed by atoms with E-state index < -0.39 is 0 Å². The SMILES string of the molecule is Cl.Nc1cc(Cl)cc(Cl)c1O. The largest absolute Gasteiger partial charge is 0.504 e. The molecule has 0 fully saturated rings. The summed E-state index contributed by atoms with van der Waals surface area (Å²) in [6, 6.07) is 2.86. The van der Waals surface area contributed by atoms with Crippen molar-refractivity contribution in [3.8, 4) is 5.75 Å². The van der Waals surface area contributed by atoms with E-state index in [1.54, 1.807) is 0 Å². The van der Waals surface area contributed by atoms with Gasteiger partial charge in [-0.1, -0.05) is 23.2 Å². The Hall–Kier alpha value is -0.310. The van der Waals surface area contributed by atoms with Gasteiger partial charge in [-0.25, -0.2) is 0 Å². The number of hydrogen-bond donors (Lipinski definition) is 2. The van der Waals surface area contributed by atoms with Crippen LogP contribution in [0.15, 0.2) is 12.1 Å². The molecule has 0 aliphatic heterocycles. The Kier molecular flexibility index (Phi) is 3.79. The fraction of sp³-hybridized carbons (Fsp3) is 0. The molecule has 1 aromatic rings. The molecule has 0 aliphatic carbocycles. The Morgan fingerprint density at radius 1 is 1.27 bits per heavy atom. The van der Waals surface area contributed by atoms with Crippen molar-refractivity contribution in [2.75, 3.05) is 5.73 Å². The van der Waals surface area contributed by atoms with Crippen LogP contribution in [0.1, 0.15) is 0 Å². The molecule has 0 unspecified atom stereocenters. The van der Waals surface area contributed by atoms with Crippen LogP contribution in [0, 0.1) is 0 Å². The third-order valence-electron chi connectivity index (χ3n) is 1.06. The highest BCUT2D eigenvalue weighted by Gasteiger charge is 2.02. The lowest BCUT2D eigenvalue weighted by molar-refractivity contribution is 0.478. The van der Waals surface area contributed by atoms with Crippen molar-refractivity contribution in [1.82, 2.24) is 0 Å². The lowest BCUT2D eigenvalue weighted by Gasteiger charge is -2.00. The van der Waals surface area contributed by atoms with Crippen LogP contribution in [0.2, 0.25) is 10.0 Å². The minimum Gasteiger partial charge on any atom is -0.504 e. The van der Waals surface area contributed by atoms with Gasteiger partial charge in [0, 0.05) is 5.02 Å². The first-order valence-electron chi connectivity index (χ1n) is 2.54. The summed E-state index contributed by atoms with van der Waals surface area (Å²) in [5.41, 5.74) is 5.49. The van der Waals surface area contributed by atoms with Gasteiger partial charge < -0.3 is 10.8 Å². The standard InChI is InChI=1S/C6H5Cl2NO.ClH/c7-3-1-4(8)6(10)5(9)2-3;/h1-2,10H,9H2;1H. The number of nitrogens with two attached hydrogens (primary N) is 1. The number of benzene rings is 1. The first kappa shape index (κ1) is 10.7. The number of anilines is 1. The number of halogens is 3. The Morgan fingerprint density at radius 3 is 2.27 bits per heavy atom. The minimum atomic E-state index is -0.119. The molecule has 0 saturated carbocycles. The maximum absolute atomic E-state index is 9.02. The van der Waals surface area contributed by atoms with Crippen molar-refractivity contribution in [1.29, 1.82) is 0 Å². The molecule has 11 heavy (non-hydrogen) atoms. The van der Waals surface area contributed by atoms with Crippen molar-refractivity contribution in [3.05, 3.63) is 22.2 Å². The lowest BCUT2D eigenvalue weighted by atomic mass is 10.3. The van der Waals surface area contributed by atoms with Gasteiger partial charge in [-0.2, -0.15) is 0 Å². The normalized spacial score (nSPS) is 8.91. The average molecular weight is 214 g/mol. The minimum absolute atomic E-state index is 0. The summed E-state index contributed by atoms with van der Waals surface area (Å²) in [5, 5.41) is 9.60. The van der Waals surface area contributed by atoms with Crippen LogP contribution < -0.4 is 5.73 Å². The van der Waals surface area contributed by atoms with E-state index in [9.17, 15) is 0 Å². The quantitative estimate of drug-likeness (QED) is 0.515. The second-order valence-electron chi connectivity index (χ2n) is 1.83. The summed E-state index contributed by atoms with van der Waals surface area (Å²) in [4.78, 5) is 0. The number of phenols is 1. The van der Waals surface area contributed by atoms with E-state index in [2.05, 4.69) is 0 Å². The van der Waals surface area contributed by atoms with E-state index in [-0.39, 0.29) is 28.9 Å². The van der Waals surface area contributed by atoms with Gasteiger partial charge in [0.25, 0.3) is 0 Å². The Balaban J connectivity index is 0.000001000. The van der Waals surface area contributed by atoms with Gasteiger partial charge >= 0.3 is 0 Å². The van der Waals surface area contributed by atoms with E-state index >= 15 is 0 Å². The van der Waals surface area contributed by atoms with Crippen LogP contribution in [0.5, 0.6) is 5.75 Å². The Bertz CT molecular complexity index is 241. The molecular formula is C6H6Cl3NO. The van der Waals surface area contributed by atoms with E-state index in [0.29, 0.717) is 5.02 Å². The summed E-state index contributed by atoms with van der Waals surface area (Å²) in [6.07, 6.45) is 0. The van der Waals surface area contributed by atoms with Gasteiger partial charge in [-0.15, -0.1) is 12.4 Å². The first-order chi connectivity index (χ1) is 4.61. The fourth-order valence-electron chi connectivity index (χ4n) is 0.586. The van der Waals surface area contributed by atoms with E-state index in [0.717, 1.165) is 0 Å². The summed E-state index contributed by atoms with van der Waals surface area (Å²) < 4.78 is 0. The van der Waals surface area contributed by atoms with E-state index in [1.807, 2.05) is 0 Å². The van der Waals surface area contributed by atoms with Crippen LogP contribution in [-0.4, -0.2) is 5.11 Å². The third kappa shape index (κ3) is 2.33. The smallest absolute Gasteiger partial charge is 0.157 e. The summed E-state index contributed by atoms with van der Waals surface area (Å²) in [6.45, 7) is 0. The van der Waals surface area contributed by atoms with Gasteiger partial charge in [-0.3, -0.25) is 0 Å². The molecule has 0 radical (unpaired) electrons. The van der Waals surface area contributed by atoms with Crippen molar-refractivity contribution < 1.29 is 5.11 Å². The van der Waals surface area contributed by atoms with E-state index in [1.165, 1.54) is 12.1 Å². The third-order valence-corrected chi connectivity index (χ3v) is 1.56. The van der Waals surface area contributed by atoms with Crippen LogP contribution in [0.4, 0.5) is 5.69 Å². The summed E-state index contributed by atoms with van der Waals surface area (Å²) in [5.74, 6) is -0.119. The zero-order valence-electron chi connectivity index (χ0n) is 5.34. The molecule has 0 saturated heterocycles. The predicted octanol–water partition coefficient (Wildman–Crippen LogP) is 2.70. The highest BCUT2D eigenvalue weighted by molar-refractivity contribution is 6.36. The fourth-order valence-corrected chi connectivity index (χ4v) is 1.10. The average Bonchev–Trinajstić information content (AvgIpc) is 1.82. The number of hydrogen-bond acceptors (Lipinski definition) is 2. The molecule has 0 amide bonds. The number of rotatable bonds is 0. The molecular weight excluding hydrogens is 208 g/mol. The Morgan fingerprint density at radius 2 is 1.82 bits per heavy atom. The van der Waals surface area contributed by atoms with Crippen molar-refractivity contribution in [2.24, 2.45) is 0 Å². The zero-order valence-corrected chi connectivity index (χ0v) is 7.67. The maximum Gasteiger partial charge on any atom is 0.157 e. The molecule has 0 bridgehead atoms. The van der Waals surface area contributed by atoms with Crippen molar-refractivity contribution in [3.63, 3.8) is 0 Å². The molecule has 0 spiro atoms. The summed E-state index contributed by atoms with van der Waals surface area (Å²) in [7, 11) is 0. The van der Waals surface area contributed by atoms with Crippen molar-refractivity contribution >= 4 is 41.3 Å². The second kappa shape index (κ2) is 3.90. The van der Waals surface area contributed by atoms with Crippen LogP contribution in [-0.2, 0) is 0 Å². The van der Waals surface area contributed by atoms with Gasteiger partial charge in [0.2, 0.25) is 0 Å². The molecule has 3 N–H and O–H groups in total. The molecule has 0 atom stereocenters. The van der Waals surface area contributed by atoms with Gasteiger partial charge in [0.1, 0.15) is 0 Å². The molecule has 0 aromatic heterocycles. The van der Waals surface area contributed by atoms with Crippen molar-refractivity contribution in [2.45, 2.75) is 0 Å². The van der Waals surface area contributed by atoms with Crippen LogP contribution in [0.3, 0.4) is 0 Å². The number of phenolic OH excluding ortho intramolecular Hbond substituents is 1. The first-order valence-corrected chi connectivity index (χ1v) is 3.30. The molecule has 0 aliphatic rings. The number of nitrogen functional groups attached to an aromatic ring is 1. The van der Waals surface area contributed by atoms with Gasteiger partial charge in [0.15, 0.2) is 5.75 Å². The maximum atomic E-state index is 9.02. The predicted molar refractivity (Wildman–Crippen MR) is 49.8 cm³/mol. The molecule has 5 heteroatoms. The second-order valence-corrected chi connectivity index (χ2v) is 2.67. The topological polar surface area (TPSA) is 46.2 Å². The zero-order chi connectivity index (χ0) is 7.72. The van der Waals surface area contributed by atoms with E-state index in [4.69, 9.17) is 34.0 Å². The molecule has 2 nitrogen and oxygen atoms in total.